The van der Waals surface area contributed by atoms with Gasteiger partial charge >= 0.3 is 47.8 Å². The minimum atomic E-state index is -1.30. The molecule has 0 saturated carbocycles. The van der Waals surface area contributed by atoms with Gasteiger partial charge in [-0.3, -0.25) is 116 Å². The number of carboxylic acid groups (broad SMARTS) is 6. The van der Waals surface area contributed by atoms with E-state index < -0.39 is 102 Å². The Bertz CT molecular complexity index is 4700. The second kappa shape index (κ2) is 58.3. The SMILES string of the molecule is C.CC(=O)CN1CCN(CC(C)=O)CCN(CC(Cc2ccc(NC(=O)CCC(=O)O)cc2)N(CC(=O)OC(C)(C)C)CC(=O)OC(C)(C)C)CC1.Nc1nc2ncc(CNc3ccc(C(=O)N[C@@H](CCC(=O)CCCOCCOCCNC(=O)CCC(=O)Cc4ccc(CC(CN5CCN(CC(=O)O)CCN(CC(=O)O)CC5)N(CC(=O)O)CC(=O)O)cc4)C(=O)O)cc3)nc2c(=O)[nH]1. The summed E-state index contributed by atoms with van der Waals surface area (Å²) >= 11 is 0. The van der Waals surface area contributed by atoms with Crippen LogP contribution in [0.1, 0.15) is 147 Å². The number of nitrogens with two attached hydrogens (primary N) is 1. The number of hydrogen-bond acceptors (Lipinski definition) is 33. The van der Waals surface area contributed by atoms with E-state index in [9.17, 15) is 102 Å². The van der Waals surface area contributed by atoms with Gasteiger partial charge in [-0.15, -0.1) is 0 Å². The van der Waals surface area contributed by atoms with Gasteiger partial charge in [0.25, 0.3) is 11.5 Å². The number of ketones is 4. The van der Waals surface area contributed by atoms with Crippen LogP contribution in [0.3, 0.4) is 0 Å². The lowest BCUT2D eigenvalue weighted by Crippen LogP contribution is -2.52. The van der Waals surface area contributed by atoms with Crippen LogP contribution in [-0.4, -0.2) is 385 Å². The molecule has 43 nitrogen and oxygen atoms in total. The van der Waals surface area contributed by atoms with E-state index in [0.717, 1.165) is 11.1 Å². The molecular weight excluding hydrogens is 1760 g/mol. The van der Waals surface area contributed by atoms with Crippen molar-refractivity contribution in [2.24, 2.45) is 0 Å². The molecule has 3 atom stereocenters. The van der Waals surface area contributed by atoms with E-state index in [1.54, 1.807) is 119 Å². The van der Waals surface area contributed by atoms with Crippen LogP contribution in [-0.2, 0) is 112 Å². The molecule has 0 spiro atoms. The third-order valence-electron chi connectivity index (χ3n) is 21.1. The minimum absolute atomic E-state index is 0. The number of rotatable bonds is 54. The average molecular weight is 1900 g/mol. The maximum atomic E-state index is 13.3. The van der Waals surface area contributed by atoms with Crippen LogP contribution in [0.4, 0.5) is 17.3 Å². The lowest BCUT2D eigenvalue weighted by atomic mass is 9.99. The lowest BCUT2D eigenvalue weighted by molar-refractivity contribution is -0.161. The average Bonchev–Trinajstić information content (AvgIpc) is 0.822. The molecule has 3 amide bonds. The van der Waals surface area contributed by atoms with E-state index in [4.69, 9.17) is 29.8 Å². The summed E-state index contributed by atoms with van der Waals surface area (Å²) in [6.45, 7) is 20.1. The van der Waals surface area contributed by atoms with Crippen molar-refractivity contribution in [1.82, 2.24) is 69.8 Å². The number of nitrogens with one attached hydrogen (secondary N) is 5. The summed E-state index contributed by atoms with van der Waals surface area (Å²) < 4.78 is 22.4. The summed E-state index contributed by atoms with van der Waals surface area (Å²) in [7, 11) is 0. The summed E-state index contributed by atoms with van der Waals surface area (Å²) in [4.78, 5) is 225. The highest BCUT2D eigenvalue weighted by molar-refractivity contribution is 5.97. The number of H-pyrrole nitrogens is 1. The monoisotopic (exact) mass is 1890 g/mol. The summed E-state index contributed by atoms with van der Waals surface area (Å²) in [5, 5.41) is 67.9. The smallest absolute Gasteiger partial charge is 0.326 e. The summed E-state index contributed by atoms with van der Waals surface area (Å²) in [5.41, 5.74) is 7.73. The molecule has 0 radical (unpaired) electrons. The normalized spacial score (nSPS) is 14.8. The second-order valence-corrected chi connectivity index (χ2v) is 35.1. The van der Waals surface area contributed by atoms with E-state index in [-0.39, 0.29) is 195 Å². The van der Waals surface area contributed by atoms with Gasteiger partial charge in [-0.1, -0.05) is 43.8 Å². The van der Waals surface area contributed by atoms with Crippen LogP contribution in [0.2, 0.25) is 0 Å². The molecule has 5 aromatic rings. The molecule has 3 aromatic carbocycles. The van der Waals surface area contributed by atoms with Crippen molar-refractivity contribution in [2.75, 3.05) is 193 Å². The van der Waals surface area contributed by atoms with E-state index in [1.165, 1.54) is 23.2 Å². The highest BCUT2D eigenvalue weighted by Crippen LogP contribution is 2.22. The summed E-state index contributed by atoms with van der Waals surface area (Å²) in [6, 6.07) is 18.1. The number of esters is 2. The number of aromatic nitrogens is 4. The number of nitrogen functional groups attached to an aromatic ring is 1. The van der Waals surface area contributed by atoms with Crippen molar-refractivity contribution in [3.63, 3.8) is 0 Å². The van der Waals surface area contributed by atoms with Crippen LogP contribution in [0.25, 0.3) is 11.2 Å². The molecule has 2 aromatic heterocycles. The number of nitrogens with zero attached hydrogens (tertiary/aromatic N) is 11. The minimum Gasteiger partial charge on any atom is -0.481 e. The number of amides is 3. The fourth-order valence-electron chi connectivity index (χ4n) is 14.7. The maximum Gasteiger partial charge on any atom is 0.326 e. The number of carbonyl (C=O) groups excluding carboxylic acids is 9. The number of anilines is 3. The van der Waals surface area contributed by atoms with Crippen molar-refractivity contribution in [1.29, 1.82) is 0 Å². The topological polar surface area (TPSA) is 586 Å². The molecule has 2 aliphatic rings. The molecule has 744 valence electrons. The number of Topliss-reactive ketones (excluding diaryl/α,β-unsaturated/α-hetero) is 4. The van der Waals surface area contributed by atoms with E-state index in [1.807, 2.05) is 17.0 Å². The first-order valence-electron chi connectivity index (χ1n) is 44.5. The molecule has 0 aliphatic carbocycles. The van der Waals surface area contributed by atoms with Crippen molar-refractivity contribution in [3.8, 4) is 0 Å². The van der Waals surface area contributed by atoms with Gasteiger partial charge in [0.05, 0.1) is 97.0 Å². The zero-order valence-electron chi connectivity index (χ0n) is 77.7. The number of carboxylic acids is 6. The Morgan fingerprint density at radius 3 is 1.41 bits per heavy atom. The maximum absolute atomic E-state index is 13.3. The Morgan fingerprint density at radius 2 is 0.948 bits per heavy atom. The Balaban J connectivity index is 0.000000531. The van der Waals surface area contributed by atoms with Crippen molar-refractivity contribution in [2.45, 2.75) is 169 Å². The third kappa shape index (κ3) is 47.6. The molecule has 135 heavy (non-hydrogen) atoms. The number of benzene rings is 3. The number of ether oxygens (including phenoxy) is 4. The Hall–Kier alpha value is -12.1. The fourth-order valence-corrected chi connectivity index (χ4v) is 14.7. The number of fused-ring (bicyclic) bond motifs is 1. The first kappa shape index (κ1) is 113. The lowest BCUT2D eigenvalue weighted by Gasteiger charge is -2.36. The van der Waals surface area contributed by atoms with Gasteiger partial charge in [-0.25, -0.2) is 14.8 Å². The van der Waals surface area contributed by atoms with Gasteiger partial charge in [0.15, 0.2) is 11.2 Å². The van der Waals surface area contributed by atoms with Crippen molar-refractivity contribution >= 4 is 117 Å². The molecule has 2 aliphatic heterocycles. The molecule has 2 saturated heterocycles. The molecular formula is C92H135N17O26. The highest BCUT2D eigenvalue weighted by Gasteiger charge is 2.34. The van der Waals surface area contributed by atoms with Crippen LogP contribution in [0, 0.1) is 0 Å². The molecule has 13 N–H and O–H groups in total. The molecule has 2 fully saturated rings. The number of hydrogen-bond donors (Lipinski definition) is 12. The van der Waals surface area contributed by atoms with Crippen LogP contribution < -0.4 is 32.6 Å². The van der Waals surface area contributed by atoms with Gasteiger partial charge in [-0.2, -0.15) is 4.98 Å². The third-order valence-corrected chi connectivity index (χ3v) is 21.1. The Morgan fingerprint density at radius 1 is 0.496 bits per heavy atom. The first-order valence-corrected chi connectivity index (χ1v) is 44.5. The predicted octanol–water partition coefficient (Wildman–Crippen LogP) is 2.55. The van der Waals surface area contributed by atoms with Crippen molar-refractivity contribution < 1.29 is 122 Å². The predicted molar refractivity (Wildman–Crippen MR) is 497 cm³/mol. The largest absolute Gasteiger partial charge is 0.481 e. The quantitative estimate of drug-likeness (QED) is 0.0197. The van der Waals surface area contributed by atoms with Gasteiger partial charge < -0.3 is 76.6 Å². The molecule has 43 heteroatoms. The summed E-state index contributed by atoms with van der Waals surface area (Å²) in [5.74, 6) is -9.58. The highest BCUT2D eigenvalue weighted by atomic mass is 16.6. The fraction of sp³-hybridized carbons (Fsp3) is 0.576. The van der Waals surface area contributed by atoms with Gasteiger partial charge in [0.2, 0.25) is 17.8 Å². The van der Waals surface area contributed by atoms with Crippen LogP contribution >= 0.6 is 0 Å². The molecule has 0 bridgehead atoms. The Labute approximate surface area is 784 Å². The number of carbonyl (C=O) groups is 15. The standard InChI is InChI=1S/C54H72N12O17.C37H59N5O9.CH4/c55-54-61-50-49(52(79)62-54)59-39(29-58-50)28-57-38-9-7-37(8-10-38)51(78)60-43(53(80)81)13-11-41(67)2-1-22-82-24-25-83-23-15-56-44(69)14-12-42(68)27-36-5-3-35(4-6-36)26-40(66(33-47(74)75)34-48(76)77)30-63-16-18-64(31-45(70)71)20-21-65(19-17-63)32-46(72)73;1-27(43)22-39-15-16-40(23-28(2)44)18-20-41(19-17-39)24-31(21-29-9-11-30(12-10-29)38-32(45)13-14-33(46)47)42(25-34(48)50-36(3,4)5)26-35(49)51-37(6,7)8;/h3-10,29,40,43,57H,1-2,11-28,30-34H2,(H,56,69)(H,60,78)(H,70,71)(H,72,73)(H,74,75)(H,76,77)(H,80,81)(H3,55,58,61,62,79);9-12,31H,13-26H2,1-8H3,(H,38,45)(H,46,47);1H4/t40?,43-;;/m0../s1. The first-order chi connectivity index (χ1) is 63.4. The number of aliphatic carboxylic acids is 6. The zero-order chi connectivity index (χ0) is 98.6. The Kier molecular flexibility index (Phi) is 49.0. The van der Waals surface area contributed by atoms with Gasteiger partial charge in [0, 0.05) is 172 Å². The molecule has 4 heterocycles. The van der Waals surface area contributed by atoms with Gasteiger partial charge in [-0.05, 0) is 134 Å². The van der Waals surface area contributed by atoms with Crippen molar-refractivity contribution in [3.05, 3.63) is 117 Å². The molecule has 7 rings (SSSR count). The van der Waals surface area contributed by atoms with Gasteiger partial charge in [0.1, 0.15) is 40.4 Å². The second-order valence-electron chi connectivity index (χ2n) is 35.1. The van der Waals surface area contributed by atoms with Crippen LogP contribution in [0.15, 0.2) is 83.8 Å². The van der Waals surface area contributed by atoms with E-state index >= 15 is 0 Å². The zero-order valence-corrected chi connectivity index (χ0v) is 77.7. The van der Waals surface area contributed by atoms with Crippen LogP contribution in [0.5, 0.6) is 0 Å². The summed E-state index contributed by atoms with van der Waals surface area (Å²) in [6.07, 6.45) is 1.99. The molecule has 2 unspecified atom stereocenters. The van der Waals surface area contributed by atoms with E-state index in [2.05, 4.69) is 55.9 Å². The van der Waals surface area contributed by atoms with E-state index in [0.29, 0.717) is 134 Å². The number of aromatic amines is 1.